The molecule has 0 aromatic carbocycles. The van der Waals surface area contributed by atoms with Crippen molar-refractivity contribution in [1.82, 2.24) is 4.37 Å². The van der Waals surface area contributed by atoms with E-state index in [4.69, 9.17) is 10.00 Å². The molecule has 1 unspecified atom stereocenters. The highest BCUT2D eigenvalue weighted by Crippen LogP contribution is 2.35. The number of nitrogens with one attached hydrogen (secondary N) is 1. The Hall–Kier alpha value is -1.55. The SMILES string of the molecule is CC(C)(C)OC(=O)Nc1cc(C2CCCB(C#N)C2)ns1. The molecule has 5 nitrogen and oxygen atoms in total. The Morgan fingerprint density at radius 1 is 1.62 bits per heavy atom. The van der Waals surface area contributed by atoms with Crippen molar-refractivity contribution in [1.29, 1.82) is 5.26 Å². The van der Waals surface area contributed by atoms with Crippen molar-refractivity contribution in [3.05, 3.63) is 11.8 Å². The second kappa shape index (κ2) is 6.48. The summed E-state index contributed by atoms with van der Waals surface area (Å²) in [4.78, 5) is 11.7. The van der Waals surface area contributed by atoms with E-state index in [0.717, 1.165) is 31.2 Å². The van der Waals surface area contributed by atoms with E-state index in [1.165, 1.54) is 11.5 Å². The second-order valence-electron chi connectivity index (χ2n) is 6.43. The summed E-state index contributed by atoms with van der Waals surface area (Å²) in [5, 5.41) is 12.5. The zero-order chi connectivity index (χ0) is 15.5. The van der Waals surface area contributed by atoms with Crippen LogP contribution in [-0.4, -0.2) is 22.8 Å². The van der Waals surface area contributed by atoms with Crippen LogP contribution in [0.2, 0.25) is 12.6 Å². The Balaban J connectivity index is 1.95. The minimum absolute atomic E-state index is 0.132. The smallest absolute Gasteiger partial charge is 0.412 e. The number of hydrogen-bond donors (Lipinski definition) is 1. The molecule has 1 aliphatic rings. The van der Waals surface area contributed by atoms with Crippen LogP contribution < -0.4 is 5.32 Å². The molecule has 1 fully saturated rings. The first-order chi connectivity index (χ1) is 9.87. The third-order valence-corrected chi connectivity index (χ3v) is 4.15. The molecule has 0 radical (unpaired) electrons. The van der Waals surface area contributed by atoms with Crippen molar-refractivity contribution in [3.63, 3.8) is 0 Å². The predicted octanol–water partition coefficient (Wildman–Crippen LogP) is 3.93. The predicted molar refractivity (Wildman–Crippen MR) is 84.9 cm³/mol. The standard InChI is InChI=1S/C14H20BN3O2S/c1-14(2,3)20-13(19)17-12-7-11(18-21-12)10-5-4-6-15(8-10)9-16/h7,10H,4-6,8H2,1-3H3,(H,17,19). The monoisotopic (exact) mass is 305 g/mol. The topological polar surface area (TPSA) is 75.0 Å². The Bertz CT molecular complexity index is 547. The maximum atomic E-state index is 11.7. The van der Waals surface area contributed by atoms with Gasteiger partial charge >= 0.3 is 6.09 Å². The Morgan fingerprint density at radius 3 is 3.05 bits per heavy atom. The van der Waals surface area contributed by atoms with Gasteiger partial charge in [0.25, 0.3) is 6.71 Å². The van der Waals surface area contributed by atoms with Crippen LogP contribution in [-0.2, 0) is 4.74 Å². The number of rotatable bonds is 2. The molecule has 0 bridgehead atoms. The highest BCUT2D eigenvalue weighted by atomic mass is 32.1. The van der Waals surface area contributed by atoms with Gasteiger partial charge in [-0.3, -0.25) is 5.32 Å². The number of carbonyl (C=O) groups excluding carboxylic acids is 1. The van der Waals surface area contributed by atoms with Gasteiger partial charge in [-0.1, -0.05) is 19.1 Å². The summed E-state index contributed by atoms with van der Waals surface area (Å²) in [6, 6.07) is 1.90. The van der Waals surface area contributed by atoms with Crippen molar-refractivity contribution in [2.45, 2.75) is 57.8 Å². The molecule has 1 saturated heterocycles. The molecule has 0 aliphatic carbocycles. The Morgan fingerprint density at radius 2 is 2.38 bits per heavy atom. The zero-order valence-electron chi connectivity index (χ0n) is 12.7. The van der Waals surface area contributed by atoms with Crippen molar-refractivity contribution in [3.8, 4) is 5.97 Å². The summed E-state index contributed by atoms with van der Waals surface area (Å²) in [5.41, 5.74) is 0.465. The minimum atomic E-state index is -0.513. The van der Waals surface area contributed by atoms with Gasteiger partial charge in [0.1, 0.15) is 10.6 Å². The van der Waals surface area contributed by atoms with Crippen LogP contribution in [0.3, 0.4) is 0 Å². The van der Waals surface area contributed by atoms with E-state index in [-0.39, 0.29) is 6.71 Å². The van der Waals surface area contributed by atoms with Crippen LogP contribution >= 0.6 is 11.5 Å². The van der Waals surface area contributed by atoms with E-state index in [1.807, 2.05) is 26.8 Å². The molecule has 21 heavy (non-hydrogen) atoms. The molecule has 1 aromatic rings. The number of amides is 1. The molecule has 7 heteroatoms. The molecule has 1 N–H and O–H groups in total. The van der Waals surface area contributed by atoms with E-state index in [0.29, 0.717) is 10.9 Å². The fraction of sp³-hybridized carbons (Fsp3) is 0.643. The molecule has 1 atom stereocenters. The maximum Gasteiger partial charge on any atom is 0.412 e. The minimum Gasteiger partial charge on any atom is -0.444 e. The van der Waals surface area contributed by atoms with Gasteiger partial charge in [0.05, 0.1) is 5.69 Å². The van der Waals surface area contributed by atoms with Gasteiger partial charge in [-0.25, -0.2) is 10.1 Å². The molecular formula is C14H20BN3O2S. The lowest BCUT2D eigenvalue weighted by molar-refractivity contribution is 0.0636. The number of nitriles is 1. The summed E-state index contributed by atoms with van der Waals surface area (Å²) in [6.45, 7) is 5.62. The summed E-state index contributed by atoms with van der Waals surface area (Å²) in [5.74, 6) is 2.68. The average Bonchev–Trinajstić information content (AvgIpc) is 2.85. The Labute approximate surface area is 129 Å². The summed E-state index contributed by atoms with van der Waals surface area (Å²) in [7, 11) is 0. The number of aromatic nitrogens is 1. The van der Waals surface area contributed by atoms with Gasteiger partial charge in [0.2, 0.25) is 0 Å². The molecule has 1 aromatic heterocycles. The highest BCUT2D eigenvalue weighted by molar-refractivity contribution is 7.10. The second-order valence-corrected chi connectivity index (χ2v) is 7.24. The highest BCUT2D eigenvalue weighted by Gasteiger charge is 2.28. The number of ether oxygens (including phenoxy) is 1. The molecule has 1 amide bonds. The summed E-state index contributed by atoms with van der Waals surface area (Å²) < 4.78 is 9.64. The van der Waals surface area contributed by atoms with Crippen LogP contribution in [0.15, 0.2) is 6.07 Å². The average molecular weight is 305 g/mol. The number of nitrogens with zero attached hydrogens (tertiary/aromatic N) is 2. The molecule has 2 heterocycles. The van der Waals surface area contributed by atoms with Gasteiger partial charge < -0.3 is 4.74 Å². The molecule has 0 saturated carbocycles. The lowest BCUT2D eigenvalue weighted by Gasteiger charge is -2.21. The van der Waals surface area contributed by atoms with Gasteiger partial charge in [-0.2, -0.15) is 4.37 Å². The van der Waals surface area contributed by atoms with Gasteiger partial charge in [-0.05, 0) is 50.7 Å². The molecular weight excluding hydrogens is 285 g/mol. The normalized spacial score (nSPS) is 19.0. The van der Waals surface area contributed by atoms with E-state index in [9.17, 15) is 4.79 Å². The van der Waals surface area contributed by atoms with E-state index < -0.39 is 11.7 Å². The quantitative estimate of drug-likeness (QED) is 0.840. The summed E-state index contributed by atoms with van der Waals surface area (Å²) >= 11 is 1.26. The van der Waals surface area contributed by atoms with Crippen molar-refractivity contribution in [2.75, 3.05) is 5.32 Å². The maximum absolute atomic E-state index is 11.7. The third kappa shape index (κ3) is 4.74. The van der Waals surface area contributed by atoms with Gasteiger partial charge in [-0.15, -0.1) is 0 Å². The Kier molecular flexibility index (Phi) is 4.89. The zero-order valence-corrected chi connectivity index (χ0v) is 13.5. The molecule has 1 aliphatic heterocycles. The van der Waals surface area contributed by atoms with Crippen LogP contribution in [0.4, 0.5) is 9.80 Å². The van der Waals surface area contributed by atoms with E-state index >= 15 is 0 Å². The summed E-state index contributed by atoms with van der Waals surface area (Å²) in [6.07, 6.45) is 3.52. The van der Waals surface area contributed by atoms with Crippen LogP contribution in [0, 0.1) is 11.2 Å². The number of hydrogen-bond acceptors (Lipinski definition) is 5. The number of carbonyl (C=O) groups is 1. The van der Waals surface area contributed by atoms with Crippen LogP contribution in [0.1, 0.15) is 45.2 Å². The molecule has 112 valence electrons. The van der Waals surface area contributed by atoms with Crippen molar-refractivity contribution >= 4 is 29.3 Å². The molecule has 0 spiro atoms. The first-order valence-corrected chi connectivity index (χ1v) is 8.01. The van der Waals surface area contributed by atoms with Gasteiger partial charge in [0.15, 0.2) is 0 Å². The lowest BCUT2D eigenvalue weighted by atomic mass is 9.41. The van der Waals surface area contributed by atoms with Gasteiger partial charge in [0, 0.05) is 5.97 Å². The first-order valence-electron chi connectivity index (χ1n) is 7.23. The van der Waals surface area contributed by atoms with E-state index in [1.54, 1.807) is 0 Å². The van der Waals surface area contributed by atoms with E-state index in [2.05, 4.69) is 15.7 Å². The lowest BCUT2D eigenvalue weighted by Crippen LogP contribution is -2.27. The fourth-order valence-corrected chi connectivity index (χ4v) is 3.23. The van der Waals surface area contributed by atoms with Crippen LogP contribution in [0.5, 0.6) is 0 Å². The largest absolute Gasteiger partial charge is 0.444 e. The third-order valence-electron chi connectivity index (χ3n) is 3.43. The van der Waals surface area contributed by atoms with Crippen molar-refractivity contribution in [2.24, 2.45) is 0 Å². The first kappa shape index (κ1) is 15.8. The number of anilines is 1. The molecule has 2 rings (SSSR count). The van der Waals surface area contributed by atoms with Crippen molar-refractivity contribution < 1.29 is 9.53 Å². The fourth-order valence-electron chi connectivity index (χ4n) is 2.52. The van der Waals surface area contributed by atoms with Crippen LogP contribution in [0.25, 0.3) is 0 Å².